The molecule has 0 saturated heterocycles. The zero-order valence-electron chi connectivity index (χ0n) is 19.8. The summed E-state index contributed by atoms with van der Waals surface area (Å²) >= 11 is 1.31. The number of anilines is 1. The lowest BCUT2D eigenvalue weighted by Gasteiger charge is -2.08. The number of fused-ring (bicyclic) bond motifs is 1. The Morgan fingerprint density at radius 3 is 2.54 bits per heavy atom. The van der Waals surface area contributed by atoms with Crippen LogP contribution < -0.4 is 14.8 Å². The molecule has 4 heterocycles. The van der Waals surface area contributed by atoms with Crippen LogP contribution in [0.15, 0.2) is 44.7 Å². The first-order valence-corrected chi connectivity index (χ1v) is 11.6. The summed E-state index contributed by atoms with van der Waals surface area (Å²) in [6.45, 7) is 5.48. The predicted molar refractivity (Wildman–Crippen MR) is 132 cm³/mol. The number of amides is 1. The van der Waals surface area contributed by atoms with Crippen LogP contribution in [-0.4, -0.2) is 35.3 Å². The second-order valence-electron chi connectivity index (χ2n) is 7.89. The van der Waals surface area contributed by atoms with Crippen LogP contribution in [0.1, 0.15) is 27.6 Å². The fourth-order valence-electron chi connectivity index (χ4n) is 3.93. The number of furan rings is 1. The number of ether oxygens (including phenoxy) is 2. The number of benzene rings is 1. The second-order valence-corrected chi connectivity index (χ2v) is 8.75. The van der Waals surface area contributed by atoms with Crippen LogP contribution in [0, 0.1) is 20.8 Å². The Bertz CT molecular complexity index is 1570. The predicted octanol–water partition coefficient (Wildman–Crippen LogP) is 5.80. The van der Waals surface area contributed by atoms with Gasteiger partial charge in [0.2, 0.25) is 0 Å². The average Bonchev–Trinajstić information content (AvgIpc) is 3.56. The number of rotatable bonds is 6. The lowest BCUT2D eigenvalue weighted by molar-refractivity contribution is 0.102. The molecular formula is C25H22N4O5S. The van der Waals surface area contributed by atoms with Gasteiger partial charge in [0.25, 0.3) is 11.6 Å². The third-order valence-corrected chi connectivity index (χ3v) is 6.35. The van der Waals surface area contributed by atoms with E-state index in [1.807, 2.05) is 37.4 Å². The number of carbonyl (C=O) groups excluding carboxylic acids is 1. The van der Waals surface area contributed by atoms with Gasteiger partial charge >= 0.3 is 0 Å². The largest absolute Gasteiger partial charge is 0.497 e. The SMILES string of the molecule is COc1ccc(-c2csc(NC(=O)c3cc(-c4cc(C)oc4C)nc4onc(C)c34)n2)c(OC)c1. The molecule has 5 aromatic rings. The fourth-order valence-corrected chi connectivity index (χ4v) is 4.63. The number of hydrogen-bond donors (Lipinski definition) is 1. The van der Waals surface area contributed by atoms with E-state index in [1.165, 1.54) is 11.3 Å². The number of aryl methyl sites for hydroxylation is 3. The van der Waals surface area contributed by atoms with Crippen molar-refractivity contribution in [1.29, 1.82) is 0 Å². The van der Waals surface area contributed by atoms with Gasteiger partial charge in [-0.3, -0.25) is 10.1 Å². The highest BCUT2D eigenvalue weighted by atomic mass is 32.1. The van der Waals surface area contributed by atoms with Gasteiger partial charge < -0.3 is 18.4 Å². The number of nitrogens with zero attached hydrogens (tertiary/aromatic N) is 3. The highest BCUT2D eigenvalue weighted by Gasteiger charge is 2.22. The maximum Gasteiger partial charge on any atom is 0.259 e. The van der Waals surface area contributed by atoms with Crippen molar-refractivity contribution in [2.45, 2.75) is 20.8 Å². The fraction of sp³-hybridized carbons (Fsp3) is 0.200. The number of hydrogen-bond acceptors (Lipinski definition) is 9. The van der Waals surface area contributed by atoms with E-state index in [2.05, 4.69) is 20.4 Å². The molecule has 9 nitrogen and oxygen atoms in total. The monoisotopic (exact) mass is 490 g/mol. The third-order valence-electron chi connectivity index (χ3n) is 5.59. The van der Waals surface area contributed by atoms with E-state index in [9.17, 15) is 4.79 Å². The number of methoxy groups -OCH3 is 2. The Morgan fingerprint density at radius 1 is 1.00 bits per heavy atom. The number of thiazole rings is 1. The molecule has 1 aromatic carbocycles. The highest BCUT2D eigenvalue weighted by molar-refractivity contribution is 7.14. The Balaban J connectivity index is 1.50. The topological polar surface area (TPSA) is 113 Å². The van der Waals surface area contributed by atoms with Gasteiger partial charge in [0.05, 0.1) is 42.3 Å². The molecule has 0 bridgehead atoms. The van der Waals surface area contributed by atoms with Gasteiger partial charge in [-0.2, -0.15) is 0 Å². The van der Waals surface area contributed by atoms with Crippen LogP contribution in [0.5, 0.6) is 11.5 Å². The summed E-state index contributed by atoms with van der Waals surface area (Å²) < 4.78 is 21.8. The normalized spacial score (nSPS) is 11.1. The van der Waals surface area contributed by atoms with Crippen molar-refractivity contribution >= 4 is 33.5 Å². The number of carbonyl (C=O) groups is 1. The first-order valence-electron chi connectivity index (χ1n) is 10.7. The molecule has 178 valence electrons. The zero-order valence-corrected chi connectivity index (χ0v) is 20.6. The summed E-state index contributed by atoms with van der Waals surface area (Å²) in [6.07, 6.45) is 0. The minimum absolute atomic E-state index is 0.284. The van der Waals surface area contributed by atoms with Crippen LogP contribution in [0.25, 0.3) is 33.6 Å². The Kier molecular flexibility index (Phi) is 5.73. The van der Waals surface area contributed by atoms with Crippen LogP contribution in [0.4, 0.5) is 5.13 Å². The summed E-state index contributed by atoms with van der Waals surface area (Å²) in [6, 6.07) is 9.09. The molecule has 0 aliphatic heterocycles. The van der Waals surface area contributed by atoms with Gasteiger partial charge in [0.1, 0.15) is 23.0 Å². The second kappa shape index (κ2) is 8.88. The smallest absolute Gasteiger partial charge is 0.259 e. The molecule has 10 heteroatoms. The van der Waals surface area contributed by atoms with Crippen molar-refractivity contribution in [3.63, 3.8) is 0 Å². The molecule has 0 unspecified atom stereocenters. The number of aromatic nitrogens is 3. The first-order chi connectivity index (χ1) is 16.9. The molecular weight excluding hydrogens is 468 g/mol. The molecule has 0 radical (unpaired) electrons. The van der Waals surface area contributed by atoms with Gasteiger partial charge in [-0.15, -0.1) is 11.3 Å². The van der Waals surface area contributed by atoms with E-state index in [1.54, 1.807) is 33.3 Å². The zero-order chi connectivity index (χ0) is 24.7. The average molecular weight is 491 g/mol. The van der Waals surface area contributed by atoms with E-state index in [0.29, 0.717) is 50.4 Å². The molecule has 0 spiro atoms. The van der Waals surface area contributed by atoms with Crippen molar-refractivity contribution in [1.82, 2.24) is 15.1 Å². The van der Waals surface area contributed by atoms with E-state index in [-0.39, 0.29) is 11.6 Å². The number of nitrogens with one attached hydrogen (secondary N) is 1. The molecule has 0 fully saturated rings. The van der Waals surface area contributed by atoms with E-state index in [0.717, 1.165) is 16.9 Å². The minimum atomic E-state index is -0.342. The van der Waals surface area contributed by atoms with Gasteiger partial charge in [-0.05, 0) is 45.0 Å². The van der Waals surface area contributed by atoms with Crippen LogP contribution in [0.3, 0.4) is 0 Å². The summed E-state index contributed by atoms with van der Waals surface area (Å²) in [4.78, 5) is 22.6. The standard InChI is InChI=1S/C25H22N4O5S/c1-12-8-17(14(3)33-12)19-10-18(22-13(2)29-34-24(22)26-19)23(30)28-25-27-20(11-35-25)16-7-6-15(31-4)9-21(16)32-5/h6-11H,1-5H3,(H,27,28,30). The van der Waals surface area contributed by atoms with Gasteiger partial charge in [-0.1, -0.05) is 5.16 Å². The highest BCUT2D eigenvalue weighted by Crippen LogP contribution is 2.35. The Hall–Kier alpha value is -4.18. The molecule has 35 heavy (non-hydrogen) atoms. The minimum Gasteiger partial charge on any atom is -0.497 e. The van der Waals surface area contributed by atoms with Crippen molar-refractivity contribution < 1.29 is 23.2 Å². The summed E-state index contributed by atoms with van der Waals surface area (Å²) in [5, 5.41) is 9.76. The summed E-state index contributed by atoms with van der Waals surface area (Å²) in [5.74, 6) is 2.42. The van der Waals surface area contributed by atoms with E-state index in [4.69, 9.17) is 18.4 Å². The van der Waals surface area contributed by atoms with Gasteiger partial charge in [0.15, 0.2) is 5.13 Å². The lowest BCUT2D eigenvalue weighted by atomic mass is 10.1. The third kappa shape index (κ3) is 4.12. The van der Waals surface area contributed by atoms with Crippen molar-refractivity contribution in [2.75, 3.05) is 19.5 Å². The molecule has 4 aromatic heterocycles. The van der Waals surface area contributed by atoms with Crippen molar-refractivity contribution in [3.05, 3.63) is 58.5 Å². The van der Waals surface area contributed by atoms with Gasteiger partial charge in [-0.25, -0.2) is 9.97 Å². The molecule has 1 amide bonds. The Morgan fingerprint density at radius 2 is 1.83 bits per heavy atom. The molecule has 0 aliphatic rings. The summed E-state index contributed by atoms with van der Waals surface area (Å²) in [7, 11) is 3.18. The molecule has 0 atom stereocenters. The van der Waals surface area contributed by atoms with Crippen LogP contribution >= 0.6 is 11.3 Å². The first kappa shape index (κ1) is 22.6. The molecule has 1 N–H and O–H groups in total. The van der Waals surface area contributed by atoms with Crippen LogP contribution in [-0.2, 0) is 0 Å². The van der Waals surface area contributed by atoms with E-state index < -0.39 is 0 Å². The summed E-state index contributed by atoms with van der Waals surface area (Å²) in [5.41, 5.74) is 4.07. The molecule has 0 aliphatic carbocycles. The van der Waals surface area contributed by atoms with E-state index >= 15 is 0 Å². The number of pyridine rings is 1. The van der Waals surface area contributed by atoms with Gasteiger partial charge in [0, 0.05) is 22.6 Å². The van der Waals surface area contributed by atoms with Crippen molar-refractivity contribution in [3.8, 4) is 34.0 Å². The maximum absolute atomic E-state index is 13.4. The molecule has 5 rings (SSSR count). The molecule has 0 saturated carbocycles. The quantitative estimate of drug-likeness (QED) is 0.318. The Labute approximate surface area is 204 Å². The van der Waals surface area contributed by atoms with Crippen molar-refractivity contribution in [2.24, 2.45) is 0 Å². The van der Waals surface area contributed by atoms with Crippen LogP contribution in [0.2, 0.25) is 0 Å². The maximum atomic E-state index is 13.4. The lowest BCUT2D eigenvalue weighted by Crippen LogP contribution is -2.13.